The minimum atomic E-state index is -4.72. The third-order valence-electron chi connectivity index (χ3n) is 10.4. The lowest BCUT2D eigenvalue weighted by Crippen LogP contribution is -2.30. The van der Waals surface area contributed by atoms with Crippen LogP contribution in [-0.4, -0.2) is 105 Å². The van der Waals surface area contributed by atoms with Gasteiger partial charge in [0.15, 0.2) is 6.10 Å². The lowest BCUT2D eigenvalue weighted by Gasteiger charge is -2.21. The molecule has 0 radical (unpaired) electrons. The van der Waals surface area contributed by atoms with Gasteiger partial charge in [-0.1, -0.05) is 122 Å². The lowest BCUT2D eigenvalue weighted by atomic mass is 9.87. The maximum absolute atomic E-state index is 12.8. The molecule has 1 rings (SSSR count). The molecule has 1 fully saturated rings. The molecule has 0 aromatic heterocycles. The highest BCUT2D eigenvalue weighted by Crippen LogP contribution is 2.43. The van der Waals surface area contributed by atoms with Crippen LogP contribution in [0.3, 0.4) is 0 Å². The van der Waals surface area contributed by atoms with E-state index in [1.165, 1.54) is 57.8 Å². The third-order valence-corrected chi connectivity index (χ3v) is 11.4. The summed E-state index contributed by atoms with van der Waals surface area (Å²) in [7, 11) is -4.72. The van der Waals surface area contributed by atoms with Gasteiger partial charge in [0, 0.05) is 43.9 Å². The SMILES string of the molecule is CCCCCCCCCCCCCCCC(=O)OC[C@H](COP(=O)(O)OC[C@@H](O)CO)OC(=O)CCCCC(=O)C[C@@H]1[C@@H](/C=C/[C@@H](O)CCCCC)[C@H](O)C[C@@H]1O. The summed E-state index contributed by atoms with van der Waals surface area (Å²) in [6.07, 6.45) is 18.1. The van der Waals surface area contributed by atoms with E-state index in [0.717, 1.165) is 38.5 Å². The highest BCUT2D eigenvalue weighted by atomic mass is 31.2. The second kappa shape index (κ2) is 33.0. The molecule has 0 aromatic rings. The van der Waals surface area contributed by atoms with Crippen LogP contribution >= 0.6 is 7.82 Å². The number of carbonyl (C=O) groups is 3. The van der Waals surface area contributed by atoms with Crippen LogP contribution in [0.5, 0.6) is 0 Å². The molecule has 8 atom stereocenters. The number of phosphoric acid groups is 1. The van der Waals surface area contributed by atoms with Gasteiger partial charge in [-0.15, -0.1) is 0 Å². The zero-order valence-electron chi connectivity index (χ0n) is 34.9. The molecule has 0 bridgehead atoms. The number of aliphatic hydroxyl groups is 5. The maximum Gasteiger partial charge on any atom is 0.472 e. The smallest absolute Gasteiger partial charge is 0.462 e. The van der Waals surface area contributed by atoms with Crippen molar-refractivity contribution < 1.29 is 67.9 Å². The van der Waals surface area contributed by atoms with Crippen LogP contribution in [0, 0.1) is 11.8 Å². The molecule has 1 unspecified atom stereocenters. The van der Waals surface area contributed by atoms with Gasteiger partial charge in [0.25, 0.3) is 0 Å². The molecule has 1 aliphatic rings. The predicted octanol–water partition coefficient (Wildman–Crippen LogP) is 6.78. The van der Waals surface area contributed by atoms with Crippen LogP contribution in [0.15, 0.2) is 12.2 Å². The van der Waals surface area contributed by atoms with Crippen molar-refractivity contribution in [3.05, 3.63) is 12.2 Å². The first-order valence-corrected chi connectivity index (χ1v) is 23.3. The normalized spacial score (nSPS) is 21.0. The number of hydrogen-bond donors (Lipinski definition) is 6. The van der Waals surface area contributed by atoms with Gasteiger partial charge >= 0.3 is 19.8 Å². The van der Waals surface area contributed by atoms with Crippen LogP contribution in [-0.2, 0) is 37.5 Å². The third kappa shape index (κ3) is 27.6. The molecular formula is C42H77O14P. The van der Waals surface area contributed by atoms with E-state index in [1.54, 1.807) is 12.2 Å². The zero-order valence-corrected chi connectivity index (χ0v) is 35.8. The predicted molar refractivity (Wildman–Crippen MR) is 217 cm³/mol. The number of rotatable bonds is 37. The summed E-state index contributed by atoms with van der Waals surface area (Å²) in [5, 5.41) is 49.6. The molecule has 0 aliphatic heterocycles. The van der Waals surface area contributed by atoms with E-state index in [-0.39, 0.29) is 44.3 Å². The Bertz CT molecular complexity index is 1140. The van der Waals surface area contributed by atoms with Gasteiger partial charge in [-0.25, -0.2) is 4.57 Å². The molecule has 0 amide bonds. The maximum atomic E-state index is 12.8. The second-order valence-electron chi connectivity index (χ2n) is 15.7. The van der Waals surface area contributed by atoms with E-state index < -0.39 is 88.5 Å². The molecule has 334 valence electrons. The summed E-state index contributed by atoms with van der Waals surface area (Å²) in [6, 6.07) is 0. The molecule has 14 nitrogen and oxygen atoms in total. The highest BCUT2D eigenvalue weighted by molar-refractivity contribution is 7.47. The molecule has 0 aromatic carbocycles. The lowest BCUT2D eigenvalue weighted by molar-refractivity contribution is -0.161. The van der Waals surface area contributed by atoms with E-state index in [0.29, 0.717) is 19.3 Å². The van der Waals surface area contributed by atoms with Crippen molar-refractivity contribution in [3.8, 4) is 0 Å². The van der Waals surface area contributed by atoms with Gasteiger partial charge in [-0.3, -0.25) is 23.4 Å². The molecule has 0 saturated heterocycles. The highest BCUT2D eigenvalue weighted by Gasteiger charge is 2.41. The van der Waals surface area contributed by atoms with E-state index >= 15 is 0 Å². The van der Waals surface area contributed by atoms with Gasteiger partial charge in [0.2, 0.25) is 0 Å². The van der Waals surface area contributed by atoms with E-state index in [9.17, 15) is 44.3 Å². The number of esters is 2. The fraction of sp³-hybridized carbons (Fsp3) is 0.881. The largest absolute Gasteiger partial charge is 0.472 e. The Morgan fingerprint density at radius 1 is 0.702 bits per heavy atom. The van der Waals surface area contributed by atoms with Crippen molar-refractivity contribution in [2.24, 2.45) is 11.8 Å². The standard InChI is InChI=1S/C42H77O14P/c1-3-5-7-8-9-10-11-12-13-14-15-16-18-23-41(49)53-31-36(32-55-57(51,52)54-30-35(46)29-43)56-42(50)24-20-19-22-34(45)27-38-37(39(47)28-40(38)48)26-25-33(44)21-17-6-4-2/h25-26,33,35-40,43-44,46-48H,3-24,27-32H2,1-2H3,(H,51,52)/b26-25+/t33-,35-,36+,37+,38+,39+,40-/m0/s1. The Balaban J connectivity index is 2.51. The number of aliphatic hydroxyl groups excluding tert-OH is 5. The Hall–Kier alpha value is -1.74. The first-order valence-electron chi connectivity index (χ1n) is 21.8. The van der Waals surface area contributed by atoms with E-state index in [4.69, 9.17) is 19.1 Å². The number of hydrogen-bond acceptors (Lipinski definition) is 13. The number of Topliss-reactive ketones (excluding diaryl/α,β-unsaturated/α-hetero) is 1. The molecule has 0 heterocycles. The fourth-order valence-corrected chi connectivity index (χ4v) is 7.72. The average Bonchev–Trinajstić information content (AvgIpc) is 3.44. The number of ether oxygens (including phenoxy) is 2. The van der Waals surface area contributed by atoms with Crippen molar-refractivity contribution in [2.45, 2.75) is 198 Å². The van der Waals surface area contributed by atoms with Crippen molar-refractivity contribution in [2.75, 3.05) is 26.4 Å². The van der Waals surface area contributed by atoms with Crippen LogP contribution in [0.2, 0.25) is 0 Å². The average molecular weight is 837 g/mol. The van der Waals surface area contributed by atoms with Crippen molar-refractivity contribution in [1.82, 2.24) is 0 Å². The quantitative estimate of drug-likeness (QED) is 0.0164. The van der Waals surface area contributed by atoms with Crippen LogP contribution in [0.25, 0.3) is 0 Å². The summed E-state index contributed by atoms with van der Waals surface area (Å²) < 4.78 is 32.6. The zero-order chi connectivity index (χ0) is 42.3. The van der Waals surface area contributed by atoms with Gasteiger partial charge in [0.05, 0.1) is 38.1 Å². The topological polar surface area (TPSA) is 227 Å². The number of phosphoric ester groups is 1. The number of unbranched alkanes of at least 4 members (excludes halogenated alkanes) is 15. The molecule has 1 saturated carbocycles. The van der Waals surface area contributed by atoms with Crippen LogP contribution in [0.1, 0.15) is 168 Å². The fourth-order valence-electron chi connectivity index (χ4n) is 6.93. The minimum Gasteiger partial charge on any atom is -0.462 e. The van der Waals surface area contributed by atoms with Gasteiger partial charge in [0.1, 0.15) is 18.5 Å². The van der Waals surface area contributed by atoms with E-state index in [2.05, 4.69) is 18.4 Å². The summed E-state index contributed by atoms with van der Waals surface area (Å²) in [5.41, 5.74) is 0. The summed E-state index contributed by atoms with van der Waals surface area (Å²) in [4.78, 5) is 48.0. The Labute approximate surface area is 341 Å². The molecule has 0 spiro atoms. The van der Waals surface area contributed by atoms with Crippen LogP contribution in [0.4, 0.5) is 0 Å². The minimum absolute atomic E-state index is 0.0479. The van der Waals surface area contributed by atoms with Gasteiger partial charge in [-0.05, 0) is 25.7 Å². The second-order valence-corrected chi connectivity index (χ2v) is 17.1. The molecule has 1 aliphatic carbocycles. The van der Waals surface area contributed by atoms with Crippen molar-refractivity contribution >= 4 is 25.5 Å². The van der Waals surface area contributed by atoms with Crippen molar-refractivity contribution in [3.63, 3.8) is 0 Å². The monoisotopic (exact) mass is 837 g/mol. The molecular weight excluding hydrogens is 759 g/mol. The number of ketones is 1. The van der Waals surface area contributed by atoms with Crippen molar-refractivity contribution in [1.29, 1.82) is 0 Å². The molecule has 15 heteroatoms. The Morgan fingerprint density at radius 2 is 1.23 bits per heavy atom. The van der Waals surface area contributed by atoms with E-state index in [1.807, 2.05) is 0 Å². The summed E-state index contributed by atoms with van der Waals surface area (Å²) in [6.45, 7) is 1.84. The molecule has 6 N–H and O–H groups in total. The van der Waals surface area contributed by atoms with Gasteiger partial charge in [-0.2, -0.15) is 0 Å². The number of carbonyl (C=O) groups excluding carboxylic acids is 3. The van der Waals surface area contributed by atoms with Crippen LogP contribution < -0.4 is 0 Å². The first-order chi connectivity index (χ1) is 27.3. The summed E-state index contributed by atoms with van der Waals surface area (Å²) in [5.74, 6) is -2.28. The van der Waals surface area contributed by atoms with Gasteiger partial charge < -0.3 is 39.9 Å². The first kappa shape index (κ1) is 53.3. The summed E-state index contributed by atoms with van der Waals surface area (Å²) >= 11 is 0. The Morgan fingerprint density at radius 3 is 1.84 bits per heavy atom. The molecule has 57 heavy (non-hydrogen) atoms. The Kier molecular flexibility index (Phi) is 30.9.